The van der Waals surface area contributed by atoms with Crippen molar-refractivity contribution in [2.75, 3.05) is 7.05 Å². The molecule has 0 spiro atoms. The van der Waals surface area contributed by atoms with Crippen LogP contribution in [0.1, 0.15) is 18.1 Å². The summed E-state index contributed by atoms with van der Waals surface area (Å²) >= 11 is 12.4. The monoisotopic (exact) mass is 396 g/mol. The van der Waals surface area contributed by atoms with Gasteiger partial charge in [-0.1, -0.05) is 41.4 Å². The number of halogens is 3. The second-order valence-corrected chi connectivity index (χ2v) is 6.63. The number of carbonyl (C=O) groups excluding carboxylic acids is 2. The Morgan fingerprint density at radius 2 is 1.69 bits per heavy atom. The molecule has 2 aromatic rings. The summed E-state index contributed by atoms with van der Waals surface area (Å²) in [6.07, 6.45) is 0.0314. The molecule has 138 valence electrons. The summed E-state index contributed by atoms with van der Waals surface area (Å²) in [5.74, 6) is -0.969. The Kier molecular flexibility index (Phi) is 7.00. The van der Waals surface area contributed by atoms with Gasteiger partial charge < -0.3 is 10.2 Å². The Morgan fingerprint density at radius 1 is 1.12 bits per heavy atom. The largest absolute Gasteiger partial charge is 0.357 e. The van der Waals surface area contributed by atoms with Gasteiger partial charge >= 0.3 is 0 Å². The molecule has 0 heterocycles. The molecule has 0 aromatic heterocycles. The molecule has 0 saturated carbocycles. The van der Waals surface area contributed by atoms with Crippen LogP contribution >= 0.6 is 23.2 Å². The second kappa shape index (κ2) is 9.01. The van der Waals surface area contributed by atoms with E-state index >= 15 is 0 Å². The molecule has 0 bridgehead atoms. The van der Waals surface area contributed by atoms with Crippen LogP contribution in [0.3, 0.4) is 0 Å². The fourth-order valence-corrected chi connectivity index (χ4v) is 3.04. The van der Waals surface area contributed by atoms with E-state index in [0.29, 0.717) is 21.2 Å². The summed E-state index contributed by atoms with van der Waals surface area (Å²) < 4.78 is 13.1. The lowest BCUT2D eigenvalue weighted by Crippen LogP contribution is -2.47. The van der Waals surface area contributed by atoms with Gasteiger partial charge in [-0.2, -0.15) is 0 Å². The van der Waals surface area contributed by atoms with Gasteiger partial charge in [0.2, 0.25) is 11.8 Å². The Bertz CT molecular complexity index is 776. The number of carbonyl (C=O) groups is 2. The van der Waals surface area contributed by atoms with Crippen molar-refractivity contribution in [3.8, 4) is 0 Å². The molecule has 2 rings (SSSR count). The minimum absolute atomic E-state index is 0.0314. The highest BCUT2D eigenvalue weighted by atomic mass is 35.5. The fraction of sp³-hybridized carbons (Fsp3) is 0.263. The number of hydrogen-bond donors (Lipinski definition) is 1. The molecular formula is C19H19Cl2FN2O2. The van der Waals surface area contributed by atoms with E-state index in [-0.39, 0.29) is 30.6 Å². The number of rotatable bonds is 6. The van der Waals surface area contributed by atoms with Gasteiger partial charge in [0, 0.05) is 29.2 Å². The molecule has 0 aliphatic rings. The van der Waals surface area contributed by atoms with E-state index in [4.69, 9.17) is 23.2 Å². The van der Waals surface area contributed by atoms with Crippen LogP contribution in [0.2, 0.25) is 10.0 Å². The molecule has 0 radical (unpaired) electrons. The molecule has 0 fully saturated rings. The number of hydrogen-bond acceptors (Lipinski definition) is 2. The predicted octanol–water partition coefficient (Wildman–Crippen LogP) is 3.84. The van der Waals surface area contributed by atoms with Crippen molar-refractivity contribution >= 4 is 35.0 Å². The van der Waals surface area contributed by atoms with Gasteiger partial charge in [0.05, 0.1) is 6.42 Å². The summed E-state index contributed by atoms with van der Waals surface area (Å²) in [7, 11) is 1.50. The molecule has 1 atom stereocenters. The maximum atomic E-state index is 13.1. The standard InChI is InChI=1S/C19H19Cl2FN2O2/c1-12(19(26)23-2)24(11-15-16(20)4-3-5-17(15)21)18(25)10-13-6-8-14(22)9-7-13/h3-9,12H,10-11H2,1-2H3,(H,23,26). The third kappa shape index (κ3) is 4.96. The van der Waals surface area contributed by atoms with Gasteiger partial charge in [0.15, 0.2) is 0 Å². The van der Waals surface area contributed by atoms with E-state index < -0.39 is 6.04 Å². The van der Waals surface area contributed by atoms with Gasteiger partial charge in [0.1, 0.15) is 11.9 Å². The molecule has 2 amide bonds. The number of benzene rings is 2. The molecule has 7 heteroatoms. The maximum absolute atomic E-state index is 13.1. The molecule has 0 aliphatic carbocycles. The van der Waals surface area contributed by atoms with Crippen LogP contribution in [0, 0.1) is 5.82 Å². The summed E-state index contributed by atoms with van der Waals surface area (Å²) in [6, 6.07) is 10.0. The Morgan fingerprint density at radius 3 is 2.23 bits per heavy atom. The summed E-state index contributed by atoms with van der Waals surface area (Å²) in [6.45, 7) is 1.72. The molecular weight excluding hydrogens is 378 g/mol. The molecule has 2 aromatic carbocycles. The van der Waals surface area contributed by atoms with Crippen LogP contribution in [0.5, 0.6) is 0 Å². The van der Waals surface area contributed by atoms with Gasteiger partial charge in [-0.15, -0.1) is 0 Å². The normalized spacial score (nSPS) is 11.7. The Hall–Kier alpha value is -2.11. The van der Waals surface area contributed by atoms with Gasteiger partial charge in [-0.25, -0.2) is 4.39 Å². The van der Waals surface area contributed by atoms with E-state index in [1.165, 1.54) is 24.1 Å². The van der Waals surface area contributed by atoms with Crippen molar-refractivity contribution in [1.82, 2.24) is 10.2 Å². The molecule has 0 saturated heterocycles. The third-order valence-electron chi connectivity index (χ3n) is 4.07. The molecule has 4 nitrogen and oxygen atoms in total. The zero-order chi connectivity index (χ0) is 19.3. The summed E-state index contributed by atoms with van der Waals surface area (Å²) in [5, 5.41) is 3.37. The van der Waals surface area contributed by atoms with Crippen LogP contribution < -0.4 is 5.32 Å². The molecule has 26 heavy (non-hydrogen) atoms. The Balaban J connectivity index is 2.29. The number of nitrogens with one attached hydrogen (secondary N) is 1. The first-order valence-electron chi connectivity index (χ1n) is 8.02. The first-order chi connectivity index (χ1) is 12.3. The average Bonchev–Trinajstić information content (AvgIpc) is 2.62. The van der Waals surface area contributed by atoms with Crippen molar-refractivity contribution in [1.29, 1.82) is 0 Å². The second-order valence-electron chi connectivity index (χ2n) is 5.82. The zero-order valence-electron chi connectivity index (χ0n) is 14.4. The van der Waals surface area contributed by atoms with Crippen molar-refractivity contribution in [3.63, 3.8) is 0 Å². The fourth-order valence-electron chi connectivity index (χ4n) is 2.52. The van der Waals surface area contributed by atoms with E-state index in [9.17, 15) is 14.0 Å². The summed E-state index contributed by atoms with van der Waals surface area (Å²) in [4.78, 5) is 26.4. The van der Waals surface area contributed by atoms with E-state index in [2.05, 4.69) is 5.32 Å². The minimum atomic E-state index is -0.722. The molecule has 1 N–H and O–H groups in total. The predicted molar refractivity (Wildman–Crippen MR) is 101 cm³/mol. The van der Waals surface area contributed by atoms with E-state index in [1.807, 2.05) is 0 Å². The first-order valence-corrected chi connectivity index (χ1v) is 8.77. The van der Waals surface area contributed by atoms with Gasteiger partial charge in [-0.3, -0.25) is 9.59 Å². The van der Waals surface area contributed by atoms with Crippen LogP contribution in [0.4, 0.5) is 4.39 Å². The van der Waals surface area contributed by atoms with Crippen LogP contribution in [0.25, 0.3) is 0 Å². The average molecular weight is 397 g/mol. The SMILES string of the molecule is CNC(=O)C(C)N(Cc1c(Cl)cccc1Cl)C(=O)Cc1ccc(F)cc1. The lowest BCUT2D eigenvalue weighted by molar-refractivity contribution is -0.139. The molecule has 1 unspecified atom stereocenters. The summed E-state index contributed by atoms with van der Waals surface area (Å²) in [5.41, 5.74) is 1.22. The highest BCUT2D eigenvalue weighted by Crippen LogP contribution is 2.26. The number of likely N-dealkylation sites (N-methyl/N-ethyl adjacent to an activating group) is 1. The topological polar surface area (TPSA) is 49.4 Å². The third-order valence-corrected chi connectivity index (χ3v) is 4.78. The zero-order valence-corrected chi connectivity index (χ0v) is 15.9. The minimum Gasteiger partial charge on any atom is -0.357 e. The lowest BCUT2D eigenvalue weighted by atomic mass is 10.1. The van der Waals surface area contributed by atoms with E-state index in [1.54, 1.807) is 37.3 Å². The number of amides is 2. The highest BCUT2D eigenvalue weighted by molar-refractivity contribution is 6.36. The first kappa shape index (κ1) is 20.2. The smallest absolute Gasteiger partial charge is 0.242 e. The highest BCUT2D eigenvalue weighted by Gasteiger charge is 2.26. The van der Waals surface area contributed by atoms with Crippen molar-refractivity contribution < 1.29 is 14.0 Å². The van der Waals surface area contributed by atoms with Crippen LogP contribution in [-0.4, -0.2) is 29.8 Å². The van der Waals surface area contributed by atoms with Crippen molar-refractivity contribution in [2.45, 2.75) is 25.9 Å². The van der Waals surface area contributed by atoms with Crippen molar-refractivity contribution in [3.05, 3.63) is 69.5 Å². The lowest BCUT2D eigenvalue weighted by Gasteiger charge is -2.29. The van der Waals surface area contributed by atoms with Crippen LogP contribution in [-0.2, 0) is 22.6 Å². The van der Waals surface area contributed by atoms with Gasteiger partial charge in [-0.05, 0) is 36.8 Å². The van der Waals surface area contributed by atoms with E-state index in [0.717, 1.165) is 0 Å². The van der Waals surface area contributed by atoms with Crippen LogP contribution in [0.15, 0.2) is 42.5 Å². The quantitative estimate of drug-likeness (QED) is 0.806. The van der Waals surface area contributed by atoms with Crippen molar-refractivity contribution in [2.24, 2.45) is 0 Å². The maximum Gasteiger partial charge on any atom is 0.242 e. The van der Waals surface area contributed by atoms with Gasteiger partial charge in [0.25, 0.3) is 0 Å². The Labute approximate surface area is 161 Å². The molecule has 0 aliphatic heterocycles. The number of nitrogens with zero attached hydrogens (tertiary/aromatic N) is 1.